The zero-order valence-corrected chi connectivity index (χ0v) is 10.7. The number of hydrogen-bond donors (Lipinski definition) is 2. The van der Waals surface area contributed by atoms with Gasteiger partial charge in [0.05, 0.1) is 17.4 Å². The Bertz CT molecular complexity index is 404. The summed E-state index contributed by atoms with van der Waals surface area (Å²) < 4.78 is 0.595. The molecule has 0 radical (unpaired) electrons. The van der Waals surface area contributed by atoms with Gasteiger partial charge in [-0.3, -0.25) is 14.5 Å². The number of thiophene rings is 1. The van der Waals surface area contributed by atoms with E-state index in [0.29, 0.717) is 4.34 Å². The molecule has 1 heterocycles. The van der Waals surface area contributed by atoms with Gasteiger partial charge in [0.2, 0.25) is 0 Å². The maximum absolute atomic E-state index is 10.7. The van der Waals surface area contributed by atoms with E-state index in [9.17, 15) is 9.59 Å². The topological polar surface area (TPSA) is 77.8 Å². The van der Waals surface area contributed by atoms with Gasteiger partial charge in [0.25, 0.3) is 0 Å². The number of carboxylic acid groups (broad SMARTS) is 2. The third-order valence-corrected chi connectivity index (χ3v) is 3.63. The van der Waals surface area contributed by atoms with E-state index in [1.54, 1.807) is 19.1 Å². The Kier molecular flexibility index (Phi) is 4.92. The van der Waals surface area contributed by atoms with E-state index in [2.05, 4.69) is 0 Å². The maximum Gasteiger partial charge on any atom is 0.317 e. The first-order chi connectivity index (χ1) is 7.90. The smallest absolute Gasteiger partial charge is 0.317 e. The predicted octanol–water partition coefficient (Wildman–Crippen LogP) is 1.93. The van der Waals surface area contributed by atoms with Crippen LogP contribution in [0.3, 0.4) is 0 Å². The van der Waals surface area contributed by atoms with Crippen LogP contribution in [-0.4, -0.2) is 40.1 Å². The number of hydrogen-bond acceptors (Lipinski definition) is 4. The van der Waals surface area contributed by atoms with Crippen molar-refractivity contribution in [2.24, 2.45) is 0 Å². The second-order valence-corrected chi connectivity index (χ2v) is 5.26. The molecule has 94 valence electrons. The largest absolute Gasteiger partial charge is 0.480 e. The fraction of sp³-hybridized carbons (Fsp3) is 0.400. The first kappa shape index (κ1) is 14.0. The summed E-state index contributed by atoms with van der Waals surface area (Å²) in [4.78, 5) is 23.6. The van der Waals surface area contributed by atoms with Crippen LogP contribution in [0.25, 0.3) is 0 Å². The zero-order valence-electron chi connectivity index (χ0n) is 9.09. The second-order valence-electron chi connectivity index (χ2n) is 3.51. The monoisotopic (exact) mass is 277 g/mol. The van der Waals surface area contributed by atoms with Gasteiger partial charge in [0, 0.05) is 10.9 Å². The van der Waals surface area contributed by atoms with Crippen molar-refractivity contribution in [3.05, 3.63) is 21.3 Å². The average molecular weight is 278 g/mol. The molecule has 2 N–H and O–H groups in total. The van der Waals surface area contributed by atoms with E-state index in [4.69, 9.17) is 21.8 Å². The van der Waals surface area contributed by atoms with E-state index >= 15 is 0 Å². The minimum atomic E-state index is -1.05. The van der Waals surface area contributed by atoms with Crippen molar-refractivity contribution in [3.63, 3.8) is 0 Å². The summed E-state index contributed by atoms with van der Waals surface area (Å²) in [6, 6.07) is 3.19. The molecule has 1 aromatic rings. The molecule has 17 heavy (non-hydrogen) atoms. The van der Waals surface area contributed by atoms with Crippen LogP contribution in [0, 0.1) is 0 Å². The van der Waals surface area contributed by atoms with Crippen LogP contribution >= 0.6 is 22.9 Å². The third-order valence-electron chi connectivity index (χ3n) is 2.23. The van der Waals surface area contributed by atoms with Crippen LogP contribution in [0.2, 0.25) is 4.34 Å². The fourth-order valence-corrected chi connectivity index (χ4v) is 2.56. The van der Waals surface area contributed by atoms with E-state index in [1.165, 1.54) is 16.2 Å². The van der Waals surface area contributed by atoms with Gasteiger partial charge in [0.15, 0.2) is 0 Å². The summed E-state index contributed by atoms with van der Waals surface area (Å²) in [5.41, 5.74) is 0. The number of nitrogens with zero attached hydrogens (tertiary/aromatic N) is 1. The summed E-state index contributed by atoms with van der Waals surface area (Å²) >= 11 is 7.10. The van der Waals surface area contributed by atoms with E-state index < -0.39 is 11.9 Å². The van der Waals surface area contributed by atoms with Crippen molar-refractivity contribution in [2.75, 3.05) is 13.1 Å². The lowest BCUT2D eigenvalue weighted by Crippen LogP contribution is -2.36. The molecule has 0 aliphatic heterocycles. The van der Waals surface area contributed by atoms with Gasteiger partial charge < -0.3 is 10.2 Å². The Morgan fingerprint density at radius 1 is 1.35 bits per heavy atom. The molecule has 0 spiro atoms. The summed E-state index contributed by atoms with van der Waals surface area (Å²) in [6.45, 7) is 1.13. The Hall–Kier alpha value is -1.11. The Balaban J connectivity index is 2.81. The number of carbonyl (C=O) groups is 2. The van der Waals surface area contributed by atoms with Gasteiger partial charge in [-0.15, -0.1) is 11.3 Å². The van der Waals surface area contributed by atoms with Crippen LogP contribution in [-0.2, 0) is 9.59 Å². The van der Waals surface area contributed by atoms with Gasteiger partial charge in [-0.25, -0.2) is 0 Å². The maximum atomic E-state index is 10.7. The molecule has 7 heteroatoms. The number of halogens is 1. The van der Waals surface area contributed by atoms with Gasteiger partial charge >= 0.3 is 11.9 Å². The minimum Gasteiger partial charge on any atom is -0.480 e. The van der Waals surface area contributed by atoms with E-state index in [0.717, 1.165) is 4.88 Å². The lowest BCUT2D eigenvalue weighted by Gasteiger charge is -2.24. The number of carboxylic acids is 2. The lowest BCUT2D eigenvalue weighted by atomic mass is 10.2. The summed E-state index contributed by atoms with van der Waals surface area (Å²) in [5.74, 6) is -2.11. The summed E-state index contributed by atoms with van der Waals surface area (Å²) in [6.07, 6.45) is 0. The molecule has 1 unspecified atom stereocenters. The molecular weight excluding hydrogens is 266 g/mol. The van der Waals surface area contributed by atoms with Crippen molar-refractivity contribution >= 4 is 34.9 Å². The quantitative estimate of drug-likeness (QED) is 0.831. The van der Waals surface area contributed by atoms with Crippen molar-refractivity contribution in [2.45, 2.75) is 13.0 Å². The average Bonchev–Trinajstić information content (AvgIpc) is 2.61. The molecule has 0 fully saturated rings. The van der Waals surface area contributed by atoms with Crippen molar-refractivity contribution in [3.8, 4) is 0 Å². The predicted molar refractivity (Wildman–Crippen MR) is 64.6 cm³/mol. The third kappa shape index (κ3) is 4.33. The van der Waals surface area contributed by atoms with E-state index in [-0.39, 0.29) is 19.1 Å². The highest BCUT2D eigenvalue weighted by Crippen LogP contribution is 2.29. The molecule has 0 saturated heterocycles. The highest BCUT2D eigenvalue weighted by Gasteiger charge is 2.22. The molecular formula is C10H12ClNO4S. The minimum absolute atomic E-state index is 0.292. The molecule has 1 aromatic heterocycles. The van der Waals surface area contributed by atoms with Crippen LogP contribution in [0.4, 0.5) is 0 Å². The molecule has 1 rings (SSSR count). The number of rotatable bonds is 6. The molecule has 0 amide bonds. The second kappa shape index (κ2) is 6.00. The van der Waals surface area contributed by atoms with E-state index in [1.807, 2.05) is 0 Å². The molecule has 0 bridgehead atoms. The van der Waals surface area contributed by atoms with Crippen molar-refractivity contribution in [1.82, 2.24) is 4.90 Å². The van der Waals surface area contributed by atoms with Gasteiger partial charge in [-0.2, -0.15) is 0 Å². The SMILES string of the molecule is CC(c1ccc(Cl)s1)N(CC(=O)O)CC(=O)O. The molecule has 1 atom stereocenters. The Morgan fingerprint density at radius 2 is 1.88 bits per heavy atom. The Morgan fingerprint density at radius 3 is 2.24 bits per heavy atom. The zero-order chi connectivity index (χ0) is 13.0. The summed E-state index contributed by atoms with van der Waals surface area (Å²) in [7, 11) is 0. The normalized spacial score (nSPS) is 12.6. The Labute approximate surface area is 107 Å². The van der Waals surface area contributed by atoms with Crippen LogP contribution in [0.1, 0.15) is 17.8 Å². The molecule has 5 nitrogen and oxygen atoms in total. The van der Waals surface area contributed by atoms with Gasteiger partial charge in [-0.05, 0) is 19.1 Å². The lowest BCUT2D eigenvalue weighted by molar-refractivity contribution is -0.142. The molecule has 0 aliphatic carbocycles. The van der Waals surface area contributed by atoms with Crippen LogP contribution < -0.4 is 0 Å². The van der Waals surface area contributed by atoms with Crippen molar-refractivity contribution in [1.29, 1.82) is 0 Å². The van der Waals surface area contributed by atoms with Crippen LogP contribution in [0.15, 0.2) is 12.1 Å². The van der Waals surface area contributed by atoms with Gasteiger partial charge in [0.1, 0.15) is 0 Å². The fourth-order valence-electron chi connectivity index (χ4n) is 1.41. The molecule has 0 saturated carbocycles. The highest BCUT2D eigenvalue weighted by atomic mass is 35.5. The first-order valence-corrected chi connectivity index (χ1v) is 6.02. The molecule has 0 aromatic carbocycles. The standard InChI is InChI=1S/C10H12ClNO4S/c1-6(7-2-3-8(11)17-7)12(4-9(13)14)5-10(15)16/h2-3,6H,4-5H2,1H3,(H,13,14)(H,15,16). The number of aliphatic carboxylic acids is 2. The molecule has 0 aliphatic rings. The van der Waals surface area contributed by atoms with Gasteiger partial charge in [-0.1, -0.05) is 11.6 Å². The van der Waals surface area contributed by atoms with Crippen LogP contribution in [0.5, 0.6) is 0 Å². The summed E-state index contributed by atoms with van der Waals surface area (Å²) in [5, 5.41) is 17.5. The highest BCUT2D eigenvalue weighted by molar-refractivity contribution is 7.16. The first-order valence-electron chi connectivity index (χ1n) is 4.83. The van der Waals surface area contributed by atoms with Crippen molar-refractivity contribution < 1.29 is 19.8 Å².